The summed E-state index contributed by atoms with van der Waals surface area (Å²) >= 11 is 0. The summed E-state index contributed by atoms with van der Waals surface area (Å²) in [4.78, 5) is 22.8. The fraction of sp³-hybridized carbons (Fsp3) is 0.429. The molecule has 1 rings (SSSR count). The van der Waals surface area contributed by atoms with Gasteiger partial charge in [-0.25, -0.2) is 9.59 Å². The number of urea groups is 1. The fourth-order valence-electron chi connectivity index (χ4n) is 1.80. The molecular formula is C14H20N2O4. The van der Waals surface area contributed by atoms with Gasteiger partial charge in [-0.1, -0.05) is 26.7 Å². The molecule has 0 aromatic heterocycles. The minimum Gasteiger partial charge on any atom is -0.508 e. The van der Waals surface area contributed by atoms with Crippen LogP contribution in [0.2, 0.25) is 0 Å². The van der Waals surface area contributed by atoms with E-state index in [0.717, 1.165) is 18.9 Å². The summed E-state index contributed by atoms with van der Waals surface area (Å²) in [5, 5.41) is 23.5. The number of phenolic OH excluding ortho intramolecular Hbond substituents is 1. The van der Waals surface area contributed by atoms with Crippen LogP contribution in [0.3, 0.4) is 0 Å². The Bertz CT molecular complexity index is 484. The summed E-state index contributed by atoms with van der Waals surface area (Å²) in [5.74, 6) is -0.971. The number of benzene rings is 1. The molecule has 0 aliphatic rings. The van der Waals surface area contributed by atoms with Crippen molar-refractivity contribution in [2.75, 3.05) is 11.9 Å². The third-order valence-corrected chi connectivity index (χ3v) is 3.19. The largest absolute Gasteiger partial charge is 0.508 e. The predicted molar refractivity (Wildman–Crippen MR) is 76.2 cm³/mol. The van der Waals surface area contributed by atoms with E-state index in [9.17, 15) is 14.7 Å². The Labute approximate surface area is 117 Å². The molecule has 0 spiro atoms. The van der Waals surface area contributed by atoms with Gasteiger partial charge in [0.05, 0.1) is 11.3 Å². The van der Waals surface area contributed by atoms with Crippen LogP contribution in [-0.2, 0) is 0 Å². The summed E-state index contributed by atoms with van der Waals surface area (Å²) in [6.07, 6.45) is 1.94. The van der Waals surface area contributed by atoms with Crippen molar-refractivity contribution in [1.29, 1.82) is 0 Å². The number of carbonyl (C=O) groups excluding carboxylic acids is 1. The van der Waals surface area contributed by atoms with Gasteiger partial charge in [-0.3, -0.25) is 0 Å². The number of phenols is 1. The van der Waals surface area contributed by atoms with Crippen LogP contribution < -0.4 is 10.6 Å². The number of amides is 2. The number of nitrogens with one attached hydrogen (secondary N) is 2. The van der Waals surface area contributed by atoms with Gasteiger partial charge >= 0.3 is 12.0 Å². The fourth-order valence-corrected chi connectivity index (χ4v) is 1.80. The Balaban J connectivity index is 2.68. The lowest BCUT2D eigenvalue weighted by atomic mass is 10.0. The topological polar surface area (TPSA) is 98.7 Å². The molecule has 0 saturated heterocycles. The summed E-state index contributed by atoms with van der Waals surface area (Å²) in [7, 11) is 0. The van der Waals surface area contributed by atoms with Gasteiger partial charge in [-0.2, -0.15) is 0 Å². The monoisotopic (exact) mass is 280 g/mol. The van der Waals surface area contributed by atoms with E-state index in [1.54, 1.807) is 0 Å². The van der Waals surface area contributed by atoms with E-state index in [1.165, 1.54) is 12.1 Å². The van der Waals surface area contributed by atoms with Crippen LogP contribution in [0.25, 0.3) is 0 Å². The number of aromatic hydroxyl groups is 1. The second-order valence-corrected chi connectivity index (χ2v) is 4.55. The van der Waals surface area contributed by atoms with E-state index in [4.69, 9.17) is 5.11 Å². The second-order valence-electron chi connectivity index (χ2n) is 4.55. The minimum atomic E-state index is -1.21. The van der Waals surface area contributed by atoms with Crippen molar-refractivity contribution in [2.24, 2.45) is 5.92 Å². The quantitative estimate of drug-likeness (QED) is 0.602. The number of rotatable bonds is 6. The van der Waals surface area contributed by atoms with Crippen molar-refractivity contribution >= 4 is 17.7 Å². The van der Waals surface area contributed by atoms with Crippen LogP contribution in [0.1, 0.15) is 37.0 Å². The van der Waals surface area contributed by atoms with Crippen LogP contribution in [0, 0.1) is 5.92 Å². The van der Waals surface area contributed by atoms with E-state index in [2.05, 4.69) is 24.5 Å². The highest BCUT2D eigenvalue weighted by Gasteiger charge is 2.13. The molecule has 0 atom stereocenters. The van der Waals surface area contributed by atoms with Gasteiger partial charge in [0.25, 0.3) is 0 Å². The first-order chi connectivity index (χ1) is 9.47. The highest BCUT2D eigenvalue weighted by molar-refractivity contribution is 6.00. The number of hydrogen-bond acceptors (Lipinski definition) is 3. The number of anilines is 1. The molecule has 0 heterocycles. The maximum atomic E-state index is 11.7. The molecule has 0 aliphatic carbocycles. The third-order valence-electron chi connectivity index (χ3n) is 3.19. The zero-order valence-corrected chi connectivity index (χ0v) is 11.6. The smallest absolute Gasteiger partial charge is 0.337 e. The van der Waals surface area contributed by atoms with Gasteiger partial charge in [-0.05, 0) is 24.1 Å². The van der Waals surface area contributed by atoms with E-state index >= 15 is 0 Å². The first-order valence-electron chi connectivity index (χ1n) is 6.59. The molecule has 0 bridgehead atoms. The number of aromatic carboxylic acids is 1. The average Bonchev–Trinajstić information content (AvgIpc) is 2.41. The lowest BCUT2D eigenvalue weighted by Crippen LogP contribution is -2.33. The molecule has 1 aromatic carbocycles. The number of carboxylic acid groups (broad SMARTS) is 1. The van der Waals surface area contributed by atoms with Crippen molar-refractivity contribution in [3.8, 4) is 5.75 Å². The van der Waals surface area contributed by atoms with Gasteiger partial charge in [-0.15, -0.1) is 0 Å². The Morgan fingerprint density at radius 2 is 1.90 bits per heavy atom. The Hall–Kier alpha value is -2.24. The van der Waals surface area contributed by atoms with Crippen LogP contribution in [-0.4, -0.2) is 28.8 Å². The van der Waals surface area contributed by atoms with E-state index in [-0.39, 0.29) is 17.0 Å². The van der Waals surface area contributed by atoms with Crippen LogP contribution >= 0.6 is 0 Å². The van der Waals surface area contributed by atoms with Crippen molar-refractivity contribution < 1.29 is 19.8 Å². The molecule has 0 unspecified atom stereocenters. The summed E-state index contributed by atoms with van der Waals surface area (Å²) < 4.78 is 0. The Morgan fingerprint density at radius 1 is 1.25 bits per heavy atom. The molecule has 1 aromatic rings. The Morgan fingerprint density at radius 3 is 2.45 bits per heavy atom. The molecule has 0 aliphatic heterocycles. The van der Waals surface area contributed by atoms with Crippen molar-refractivity contribution in [3.05, 3.63) is 23.8 Å². The third kappa shape index (κ3) is 4.46. The summed E-state index contributed by atoms with van der Waals surface area (Å²) in [6, 6.07) is 3.32. The maximum absolute atomic E-state index is 11.7. The normalized spacial score (nSPS) is 10.3. The first-order valence-corrected chi connectivity index (χ1v) is 6.59. The van der Waals surface area contributed by atoms with Crippen molar-refractivity contribution in [1.82, 2.24) is 5.32 Å². The molecule has 0 radical (unpaired) electrons. The predicted octanol–water partition coefficient (Wildman–Crippen LogP) is 2.65. The van der Waals surface area contributed by atoms with E-state index in [1.807, 2.05) is 0 Å². The summed E-state index contributed by atoms with van der Waals surface area (Å²) in [6.45, 7) is 4.64. The molecule has 4 N–H and O–H groups in total. The van der Waals surface area contributed by atoms with Crippen LogP contribution in [0.15, 0.2) is 18.2 Å². The highest BCUT2D eigenvalue weighted by Crippen LogP contribution is 2.21. The molecule has 110 valence electrons. The minimum absolute atomic E-state index is 0.150. The van der Waals surface area contributed by atoms with E-state index < -0.39 is 12.0 Å². The zero-order chi connectivity index (χ0) is 15.1. The molecule has 6 heteroatoms. The molecular weight excluding hydrogens is 260 g/mol. The molecule has 2 amide bonds. The number of carboxylic acids is 1. The lowest BCUT2D eigenvalue weighted by Gasteiger charge is -2.14. The molecule has 0 fully saturated rings. The lowest BCUT2D eigenvalue weighted by molar-refractivity contribution is 0.0697. The first kappa shape index (κ1) is 15.8. The zero-order valence-electron chi connectivity index (χ0n) is 11.6. The number of hydrogen-bond donors (Lipinski definition) is 4. The van der Waals surface area contributed by atoms with Gasteiger partial charge in [0.15, 0.2) is 0 Å². The molecule has 20 heavy (non-hydrogen) atoms. The van der Waals surface area contributed by atoms with Crippen molar-refractivity contribution in [2.45, 2.75) is 26.7 Å². The standard InChI is InChI=1S/C14H20N2O4/c1-3-9(4-2)8-15-14(20)16-12-6-5-10(17)7-11(12)13(18)19/h5-7,9,17H,3-4,8H2,1-2H3,(H,18,19)(H2,15,16,20). The van der Waals surface area contributed by atoms with Gasteiger partial charge in [0, 0.05) is 6.54 Å². The molecule has 6 nitrogen and oxygen atoms in total. The Kier molecular flexibility index (Phi) is 5.83. The number of carbonyl (C=O) groups is 2. The highest BCUT2D eigenvalue weighted by atomic mass is 16.4. The van der Waals surface area contributed by atoms with Crippen molar-refractivity contribution in [3.63, 3.8) is 0 Å². The maximum Gasteiger partial charge on any atom is 0.337 e. The van der Waals surface area contributed by atoms with Gasteiger partial charge in [0.2, 0.25) is 0 Å². The van der Waals surface area contributed by atoms with E-state index in [0.29, 0.717) is 12.5 Å². The van der Waals surface area contributed by atoms with Gasteiger partial charge in [0.1, 0.15) is 5.75 Å². The van der Waals surface area contributed by atoms with Crippen LogP contribution in [0.4, 0.5) is 10.5 Å². The summed E-state index contributed by atoms with van der Waals surface area (Å²) in [5.41, 5.74) is 0.0000278. The van der Waals surface area contributed by atoms with Crippen LogP contribution in [0.5, 0.6) is 5.75 Å². The second kappa shape index (κ2) is 7.37. The SMILES string of the molecule is CCC(CC)CNC(=O)Nc1ccc(O)cc1C(=O)O. The van der Waals surface area contributed by atoms with Gasteiger partial charge < -0.3 is 20.8 Å². The average molecular weight is 280 g/mol. The molecule has 0 saturated carbocycles.